The smallest absolute Gasteiger partial charge is 0.177 e. The Morgan fingerprint density at radius 3 is 2.43 bits per heavy atom. The highest BCUT2D eigenvalue weighted by molar-refractivity contribution is 7.80. The molecule has 2 N–H and O–H groups in total. The van der Waals surface area contributed by atoms with E-state index in [0.29, 0.717) is 24.1 Å². The third kappa shape index (κ3) is 4.35. The van der Waals surface area contributed by atoms with Crippen LogP contribution in [0.25, 0.3) is 0 Å². The van der Waals surface area contributed by atoms with Crippen LogP contribution in [-0.2, 0) is 4.74 Å². The molecular weight excluding hydrogens is 196 g/mol. The Morgan fingerprint density at radius 1 is 1.50 bits per heavy atom. The maximum Gasteiger partial charge on any atom is 0.177 e. The van der Waals surface area contributed by atoms with Gasteiger partial charge in [-0.1, -0.05) is 20.3 Å². The lowest BCUT2D eigenvalue weighted by atomic mass is 9.99. The van der Waals surface area contributed by atoms with Gasteiger partial charge in [-0.25, -0.2) is 0 Å². The van der Waals surface area contributed by atoms with E-state index in [1.807, 2.05) is 14.1 Å². The summed E-state index contributed by atoms with van der Waals surface area (Å²) < 4.78 is 5.40. The summed E-state index contributed by atoms with van der Waals surface area (Å²) in [5.41, 5.74) is 5.36. The Morgan fingerprint density at radius 2 is 2.07 bits per heavy atom. The summed E-state index contributed by atoms with van der Waals surface area (Å²) >= 11 is 5.24. The van der Waals surface area contributed by atoms with Gasteiger partial charge in [0, 0.05) is 6.54 Å². The molecule has 0 saturated carbocycles. The molecule has 2 atom stereocenters. The van der Waals surface area contributed by atoms with Crippen LogP contribution in [0.2, 0.25) is 0 Å². The molecule has 0 aliphatic carbocycles. The normalized spacial score (nSPS) is 15.3. The summed E-state index contributed by atoms with van der Waals surface area (Å²) in [6, 6.07) is 0.210. The molecule has 0 heterocycles. The largest absolute Gasteiger partial charge is 0.484 e. The molecular formula is C10H22N2OS. The Bertz CT molecular complexity index is 174. The first kappa shape index (κ1) is 13.8. The van der Waals surface area contributed by atoms with Crippen molar-refractivity contribution in [1.82, 2.24) is 4.90 Å². The van der Waals surface area contributed by atoms with Crippen molar-refractivity contribution in [3.63, 3.8) is 0 Å². The van der Waals surface area contributed by atoms with Crippen molar-refractivity contribution in [2.45, 2.75) is 26.3 Å². The standard InChI is InChI=1S/C10H22N2OS/c1-5-8(2)9(12(3)4)10(14)13-7-6-11/h8-9H,5-7,11H2,1-4H3/t8-,9-/m0/s1. The molecule has 0 amide bonds. The summed E-state index contributed by atoms with van der Waals surface area (Å²) in [6.45, 7) is 5.37. The summed E-state index contributed by atoms with van der Waals surface area (Å²) in [7, 11) is 4.05. The van der Waals surface area contributed by atoms with Crippen LogP contribution in [0.5, 0.6) is 0 Å². The molecule has 0 spiro atoms. The Hall–Kier alpha value is -0.190. The highest BCUT2D eigenvalue weighted by Crippen LogP contribution is 2.14. The van der Waals surface area contributed by atoms with E-state index < -0.39 is 0 Å². The van der Waals surface area contributed by atoms with Crippen LogP contribution in [0.4, 0.5) is 0 Å². The van der Waals surface area contributed by atoms with Gasteiger partial charge in [0.15, 0.2) is 5.05 Å². The molecule has 3 nitrogen and oxygen atoms in total. The number of nitrogens with zero attached hydrogens (tertiary/aromatic N) is 1. The van der Waals surface area contributed by atoms with Gasteiger partial charge in [-0.3, -0.25) is 4.90 Å². The molecule has 0 aromatic rings. The van der Waals surface area contributed by atoms with Gasteiger partial charge in [0.05, 0.1) is 6.04 Å². The maximum absolute atomic E-state index is 5.40. The lowest BCUT2D eigenvalue weighted by Gasteiger charge is -2.29. The van der Waals surface area contributed by atoms with Gasteiger partial charge in [-0.15, -0.1) is 0 Å². The molecule has 84 valence electrons. The van der Waals surface area contributed by atoms with Gasteiger partial charge in [0.2, 0.25) is 0 Å². The first-order valence-corrected chi connectivity index (χ1v) is 5.48. The minimum atomic E-state index is 0.210. The fourth-order valence-corrected chi connectivity index (χ4v) is 1.95. The fraction of sp³-hybridized carbons (Fsp3) is 0.900. The van der Waals surface area contributed by atoms with E-state index in [-0.39, 0.29) is 6.04 Å². The molecule has 0 saturated heterocycles. The highest BCUT2D eigenvalue weighted by atomic mass is 32.1. The predicted molar refractivity (Wildman–Crippen MR) is 64.5 cm³/mol. The molecule has 0 bridgehead atoms. The zero-order valence-corrected chi connectivity index (χ0v) is 10.4. The van der Waals surface area contributed by atoms with Crippen LogP contribution in [0, 0.1) is 5.92 Å². The minimum absolute atomic E-state index is 0.210. The van der Waals surface area contributed by atoms with E-state index in [4.69, 9.17) is 22.7 Å². The van der Waals surface area contributed by atoms with Crippen molar-refractivity contribution < 1.29 is 4.74 Å². The van der Waals surface area contributed by atoms with Crippen LogP contribution in [0.3, 0.4) is 0 Å². The first-order chi connectivity index (χ1) is 6.54. The van der Waals surface area contributed by atoms with Crippen LogP contribution in [0.1, 0.15) is 20.3 Å². The summed E-state index contributed by atoms with van der Waals surface area (Å²) in [6.07, 6.45) is 1.09. The zero-order valence-electron chi connectivity index (χ0n) is 9.62. The second-order valence-corrected chi connectivity index (χ2v) is 4.15. The average Bonchev–Trinajstić information content (AvgIpc) is 2.14. The molecule has 0 aromatic heterocycles. The number of hydrogen-bond donors (Lipinski definition) is 1. The number of ether oxygens (including phenoxy) is 1. The number of nitrogens with two attached hydrogens (primary N) is 1. The van der Waals surface area contributed by atoms with E-state index in [2.05, 4.69) is 18.7 Å². The van der Waals surface area contributed by atoms with Crippen molar-refractivity contribution in [2.75, 3.05) is 27.2 Å². The second-order valence-electron chi connectivity index (χ2n) is 3.75. The topological polar surface area (TPSA) is 38.5 Å². The molecule has 4 heteroatoms. The third-order valence-corrected chi connectivity index (χ3v) is 2.70. The summed E-state index contributed by atoms with van der Waals surface area (Å²) in [5, 5.41) is 0.662. The molecule has 0 aliphatic rings. The molecule has 0 aliphatic heterocycles. The lowest BCUT2D eigenvalue weighted by Crippen LogP contribution is -2.41. The molecule has 0 rings (SSSR count). The van der Waals surface area contributed by atoms with Crippen molar-refractivity contribution in [1.29, 1.82) is 0 Å². The molecule has 14 heavy (non-hydrogen) atoms. The van der Waals surface area contributed by atoms with Gasteiger partial charge >= 0.3 is 0 Å². The molecule has 0 unspecified atom stereocenters. The molecule has 0 fully saturated rings. The number of thiocarbonyl (C=S) groups is 1. The number of rotatable bonds is 6. The van der Waals surface area contributed by atoms with Crippen molar-refractivity contribution in [3.8, 4) is 0 Å². The number of hydrogen-bond acceptors (Lipinski definition) is 4. The van der Waals surface area contributed by atoms with Gasteiger partial charge in [0.25, 0.3) is 0 Å². The van der Waals surface area contributed by atoms with Crippen LogP contribution < -0.4 is 5.73 Å². The van der Waals surface area contributed by atoms with E-state index in [1.54, 1.807) is 0 Å². The summed E-state index contributed by atoms with van der Waals surface area (Å²) in [5.74, 6) is 0.510. The maximum atomic E-state index is 5.40. The van der Waals surface area contributed by atoms with E-state index >= 15 is 0 Å². The predicted octanol–water partition coefficient (Wildman–Crippen LogP) is 1.27. The average molecular weight is 218 g/mol. The Labute approximate surface area is 92.6 Å². The Balaban J connectivity index is 4.26. The van der Waals surface area contributed by atoms with Gasteiger partial charge in [-0.2, -0.15) is 0 Å². The van der Waals surface area contributed by atoms with Crippen molar-refractivity contribution in [2.24, 2.45) is 11.7 Å². The SMILES string of the molecule is CC[C@H](C)[C@@H](C(=S)OCCN)N(C)C. The van der Waals surface area contributed by atoms with Crippen LogP contribution >= 0.6 is 12.2 Å². The first-order valence-electron chi connectivity index (χ1n) is 5.07. The fourth-order valence-electron chi connectivity index (χ4n) is 1.42. The monoisotopic (exact) mass is 218 g/mol. The van der Waals surface area contributed by atoms with Crippen molar-refractivity contribution >= 4 is 17.3 Å². The molecule has 0 radical (unpaired) electrons. The quantitative estimate of drug-likeness (QED) is 0.681. The number of likely N-dealkylation sites (N-methyl/N-ethyl adjacent to an activating group) is 1. The summed E-state index contributed by atoms with van der Waals surface area (Å²) in [4.78, 5) is 2.10. The van der Waals surface area contributed by atoms with E-state index in [1.165, 1.54) is 0 Å². The zero-order chi connectivity index (χ0) is 11.1. The second kappa shape index (κ2) is 7.15. The van der Waals surface area contributed by atoms with Crippen LogP contribution in [-0.4, -0.2) is 43.2 Å². The van der Waals surface area contributed by atoms with Crippen molar-refractivity contribution in [3.05, 3.63) is 0 Å². The van der Waals surface area contributed by atoms with Gasteiger partial charge < -0.3 is 10.5 Å². The minimum Gasteiger partial charge on any atom is -0.484 e. The van der Waals surface area contributed by atoms with Crippen LogP contribution in [0.15, 0.2) is 0 Å². The van der Waals surface area contributed by atoms with Gasteiger partial charge in [0.1, 0.15) is 6.61 Å². The third-order valence-electron chi connectivity index (χ3n) is 2.34. The van der Waals surface area contributed by atoms with E-state index in [0.717, 1.165) is 6.42 Å². The molecule has 0 aromatic carbocycles. The lowest BCUT2D eigenvalue weighted by molar-refractivity contribution is 0.222. The van der Waals surface area contributed by atoms with Gasteiger partial charge in [-0.05, 0) is 32.2 Å². The highest BCUT2D eigenvalue weighted by Gasteiger charge is 2.23. The van der Waals surface area contributed by atoms with E-state index in [9.17, 15) is 0 Å². The Kier molecular flexibility index (Phi) is 7.05.